The Hall–Kier alpha value is -2.01. The van der Waals surface area contributed by atoms with Gasteiger partial charge in [-0.05, 0) is 36.1 Å². The molecule has 5 heteroatoms. The standard InChI is InChI=1S/C15H19N3OS/c1-2-4-13(14-5-3-8-20-14)18-12-7-6-10(16)9-11(12)15(17)19/h3,5-9,13,18H,2,4,16H2,1H3,(H2,17,19). The normalized spacial score (nSPS) is 12.1. The molecule has 5 N–H and O–H groups in total. The molecule has 1 unspecified atom stereocenters. The van der Waals surface area contributed by atoms with Crippen molar-refractivity contribution in [2.24, 2.45) is 5.73 Å². The highest BCUT2D eigenvalue weighted by molar-refractivity contribution is 7.10. The van der Waals surface area contributed by atoms with Crippen LogP contribution in [0.4, 0.5) is 11.4 Å². The minimum atomic E-state index is -0.471. The second kappa shape index (κ2) is 6.43. The minimum absolute atomic E-state index is 0.182. The maximum Gasteiger partial charge on any atom is 0.250 e. The van der Waals surface area contributed by atoms with Crippen molar-refractivity contribution in [3.8, 4) is 0 Å². The molecule has 1 aromatic heterocycles. The van der Waals surface area contributed by atoms with Crippen LogP contribution in [0.5, 0.6) is 0 Å². The number of benzene rings is 1. The Morgan fingerprint density at radius 3 is 2.80 bits per heavy atom. The molecule has 0 aliphatic carbocycles. The lowest BCUT2D eigenvalue weighted by Crippen LogP contribution is -2.17. The Labute approximate surface area is 122 Å². The van der Waals surface area contributed by atoms with Gasteiger partial charge in [0.2, 0.25) is 0 Å². The third-order valence-electron chi connectivity index (χ3n) is 3.10. The largest absolute Gasteiger partial charge is 0.399 e. The van der Waals surface area contributed by atoms with E-state index in [0.29, 0.717) is 11.3 Å². The summed E-state index contributed by atoms with van der Waals surface area (Å²) in [6.45, 7) is 2.14. The zero-order valence-electron chi connectivity index (χ0n) is 11.4. The lowest BCUT2D eigenvalue weighted by molar-refractivity contribution is 0.100. The smallest absolute Gasteiger partial charge is 0.250 e. The third-order valence-corrected chi connectivity index (χ3v) is 4.09. The van der Waals surface area contributed by atoms with E-state index in [-0.39, 0.29) is 6.04 Å². The summed E-state index contributed by atoms with van der Waals surface area (Å²) in [7, 11) is 0. The molecule has 0 spiro atoms. The third kappa shape index (κ3) is 3.30. The van der Waals surface area contributed by atoms with Gasteiger partial charge in [-0.3, -0.25) is 4.79 Å². The van der Waals surface area contributed by atoms with Crippen LogP contribution in [0.2, 0.25) is 0 Å². The molecule has 2 aromatic rings. The summed E-state index contributed by atoms with van der Waals surface area (Å²) >= 11 is 1.70. The second-order valence-electron chi connectivity index (χ2n) is 4.67. The molecule has 1 heterocycles. The van der Waals surface area contributed by atoms with Gasteiger partial charge in [-0.15, -0.1) is 11.3 Å². The molecule has 0 aliphatic rings. The molecule has 2 rings (SSSR count). The quantitative estimate of drug-likeness (QED) is 0.713. The summed E-state index contributed by atoms with van der Waals surface area (Å²) in [5, 5.41) is 5.47. The Kier molecular flexibility index (Phi) is 4.63. The van der Waals surface area contributed by atoms with Crippen molar-refractivity contribution in [2.45, 2.75) is 25.8 Å². The molecule has 1 atom stereocenters. The maximum absolute atomic E-state index is 11.5. The highest BCUT2D eigenvalue weighted by Gasteiger charge is 2.15. The molecule has 0 saturated heterocycles. The molecule has 106 valence electrons. The molecule has 0 radical (unpaired) electrons. The second-order valence-corrected chi connectivity index (χ2v) is 5.65. The number of nitrogens with two attached hydrogens (primary N) is 2. The maximum atomic E-state index is 11.5. The van der Waals surface area contributed by atoms with Crippen molar-refractivity contribution in [1.29, 1.82) is 0 Å². The number of primary amides is 1. The number of rotatable bonds is 6. The van der Waals surface area contributed by atoms with E-state index in [1.54, 1.807) is 23.5 Å². The molecule has 0 bridgehead atoms. The predicted molar refractivity (Wildman–Crippen MR) is 85.0 cm³/mol. The van der Waals surface area contributed by atoms with E-state index in [4.69, 9.17) is 11.5 Å². The number of anilines is 2. The minimum Gasteiger partial charge on any atom is -0.399 e. The van der Waals surface area contributed by atoms with Gasteiger partial charge >= 0.3 is 0 Å². The van der Waals surface area contributed by atoms with Gasteiger partial charge in [0, 0.05) is 16.3 Å². The van der Waals surface area contributed by atoms with Gasteiger partial charge in [0.1, 0.15) is 0 Å². The van der Waals surface area contributed by atoms with E-state index in [0.717, 1.165) is 18.5 Å². The Bertz CT molecular complexity index is 581. The zero-order valence-corrected chi connectivity index (χ0v) is 12.2. The van der Waals surface area contributed by atoms with Gasteiger partial charge in [0.25, 0.3) is 5.91 Å². The van der Waals surface area contributed by atoms with Gasteiger partial charge in [-0.1, -0.05) is 19.4 Å². The van der Waals surface area contributed by atoms with E-state index < -0.39 is 5.91 Å². The topological polar surface area (TPSA) is 81.1 Å². The van der Waals surface area contributed by atoms with Gasteiger partial charge in [-0.2, -0.15) is 0 Å². The fourth-order valence-corrected chi connectivity index (χ4v) is 2.96. The summed E-state index contributed by atoms with van der Waals surface area (Å²) in [5.41, 5.74) is 12.8. The molecule has 1 aromatic carbocycles. The van der Waals surface area contributed by atoms with Gasteiger partial charge in [0.05, 0.1) is 11.6 Å². The van der Waals surface area contributed by atoms with E-state index in [1.807, 2.05) is 12.1 Å². The molecule has 4 nitrogen and oxygen atoms in total. The molecular formula is C15H19N3OS. The number of nitrogens with one attached hydrogen (secondary N) is 1. The van der Waals surface area contributed by atoms with E-state index in [1.165, 1.54) is 4.88 Å². The Morgan fingerprint density at radius 1 is 1.40 bits per heavy atom. The Morgan fingerprint density at radius 2 is 2.20 bits per heavy atom. The zero-order chi connectivity index (χ0) is 14.5. The summed E-state index contributed by atoms with van der Waals surface area (Å²) in [6, 6.07) is 9.50. The number of thiophene rings is 1. The number of amides is 1. The van der Waals surface area contributed by atoms with Crippen molar-refractivity contribution >= 4 is 28.6 Å². The van der Waals surface area contributed by atoms with Crippen LogP contribution >= 0.6 is 11.3 Å². The Balaban J connectivity index is 2.29. The highest BCUT2D eigenvalue weighted by Crippen LogP contribution is 2.29. The first-order chi connectivity index (χ1) is 9.61. The number of nitrogen functional groups attached to an aromatic ring is 1. The molecular weight excluding hydrogens is 270 g/mol. The van der Waals surface area contributed by atoms with E-state index in [9.17, 15) is 4.79 Å². The summed E-state index contributed by atoms with van der Waals surface area (Å²) in [6.07, 6.45) is 2.04. The van der Waals surface area contributed by atoms with E-state index >= 15 is 0 Å². The molecule has 20 heavy (non-hydrogen) atoms. The first-order valence-corrected chi connectivity index (χ1v) is 7.49. The average molecular weight is 289 g/mol. The lowest BCUT2D eigenvalue weighted by Gasteiger charge is -2.20. The van der Waals surface area contributed by atoms with Crippen LogP contribution in [-0.4, -0.2) is 5.91 Å². The van der Waals surface area contributed by atoms with Crippen molar-refractivity contribution in [2.75, 3.05) is 11.1 Å². The number of carbonyl (C=O) groups is 1. The van der Waals surface area contributed by atoms with Gasteiger partial charge < -0.3 is 16.8 Å². The summed E-state index contributed by atoms with van der Waals surface area (Å²) < 4.78 is 0. The van der Waals surface area contributed by atoms with Crippen LogP contribution in [0.25, 0.3) is 0 Å². The van der Waals surface area contributed by atoms with Gasteiger partial charge in [0.15, 0.2) is 0 Å². The lowest BCUT2D eigenvalue weighted by atomic mass is 10.1. The fraction of sp³-hybridized carbons (Fsp3) is 0.267. The molecule has 1 amide bonds. The number of hydrogen-bond donors (Lipinski definition) is 3. The number of carbonyl (C=O) groups excluding carboxylic acids is 1. The van der Waals surface area contributed by atoms with Crippen molar-refractivity contribution < 1.29 is 4.79 Å². The number of hydrogen-bond acceptors (Lipinski definition) is 4. The first kappa shape index (κ1) is 14.4. The monoisotopic (exact) mass is 289 g/mol. The molecule has 0 saturated carbocycles. The SMILES string of the molecule is CCCC(Nc1ccc(N)cc1C(N)=O)c1cccs1. The van der Waals surface area contributed by atoms with Crippen LogP contribution in [0, 0.1) is 0 Å². The van der Waals surface area contributed by atoms with Crippen LogP contribution in [-0.2, 0) is 0 Å². The fourth-order valence-electron chi connectivity index (χ4n) is 2.14. The van der Waals surface area contributed by atoms with Gasteiger partial charge in [-0.25, -0.2) is 0 Å². The van der Waals surface area contributed by atoms with Crippen LogP contribution < -0.4 is 16.8 Å². The summed E-state index contributed by atoms with van der Waals surface area (Å²) in [5.74, 6) is -0.471. The van der Waals surface area contributed by atoms with Crippen LogP contribution in [0.3, 0.4) is 0 Å². The van der Waals surface area contributed by atoms with Crippen molar-refractivity contribution in [3.63, 3.8) is 0 Å². The molecule has 0 aliphatic heterocycles. The van der Waals surface area contributed by atoms with Crippen molar-refractivity contribution in [3.05, 3.63) is 46.2 Å². The average Bonchev–Trinajstić information content (AvgIpc) is 2.93. The van der Waals surface area contributed by atoms with E-state index in [2.05, 4.69) is 23.7 Å². The predicted octanol–water partition coefficient (Wildman–Crippen LogP) is 3.38. The first-order valence-electron chi connectivity index (χ1n) is 6.61. The van der Waals surface area contributed by atoms with Crippen LogP contribution in [0.15, 0.2) is 35.7 Å². The highest BCUT2D eigenvalue weighted by atomic mass is 32.1. The van der Waals surface area contributed by atoms with Crippen LogP contribution in [0.1, 0.15) is 41.0 Å². The van der Waals surface area contributed by atoms with Crippen molar-refractivity contribution in [1.82, 2.24) is 0 Å². The molecule has 0 fully saturated rings. The summed E-state index contributed by atoms with van der Waals surface area (Å²) in [4.78, 5) is 12.8.